The summed E-state index contributed by atoms with van der Waals surface area (Å²) in [5.74, 6) is 2.58. The molecule has 1 heterocycles. The van der Waals surface area contributed by atoms with Gasteiger partial charge in [0.1, 0.15) is 0 Å². The molecule has 0 aromatic rings. The second-order valence-corrected chi connectivity index (χ2v) is 7.97. The standard InChI is InChI=1S/C18H37N3/c1-6-9-19-17-8-7-14(2)10-16(17)12-21-11-15(3)18(13-21)20(4)5/h14-19H,6-13H2,1-5H3. The second-order valence-electron chi connectivity index (χ2n) is 7.97. The molecule has 2 aliphatic rings. The highest BCUT2D eigenvalue weighted by molar-refractivity contribution is 4.91. The van der Waals surface area contributed by atoms with Crippen molar-refractivity contribution in [2.75, 3.05) is 40.3 Å². The molecular formula is C18H37N3. The zero-order chi connectivity index (χ0) is 15.4. The first-order valence-corrected chi connectivity index (χ1v) is 9.13. The molecule has 1 saturated carbocycles. The van der Waals surface area contributed by atoms with Crippen LogP contribution in [0.25, 0.3) is 0 Å². The third-order valence-corrected chi connectivity index (χ3v) is 5.71. The molecule has 0 aromatic carbocycles. The second kappa shape index (κ2) is 7.94. The summed E-state index contributed by atoms with van der Waals surface area (Å²) < 4.78 is 0. The number of hydrogen-bond acceptors (Lipinski definition) is 3. The minimum atomic E-state index is 0.744. The molecule has 1 saturated heterocycles. The van der Waals surface area contributed by atoms with E-state index in [1.165, 1.54) is 51.9 Å². The normalized spacial score (nSPS) is 38.3. The highest BCUT2D eigenvalue weighted by Gasteiger charge is 2.35. The molecule has 0 spiro atoms. The van der Waals surface area contributed by atoms with E-state index >= 15 is 0 Å². The molecule has 2 fully saturated rings. The van der Waals surface area contributed by atoms with Gasteiger partial charge in [-0.15, -0.1) is 0 Å². The summed E-state index contributed by atoms with van der Waals surface area (Å²) in [5.41, 5.74) is 0. The molecule has 1 N–H and O–H groups in total. The van der Waals surface area contributed by atoms with Crippen molar-refractivity contribution in [3.63, 3.8) is 0 Å². The maximum absolute atomic E-state index is 3.82. The van der Waals surface area contributed by atoms with E-state index in [-0.39, 0.29) is 0 Å². The summed E-state index contributed by atoms with van der Waals surface area (Å²) in [7, 11) is 4.47. The quantitative estimate of drug-likeness (QED) is 0.813. The highest BCUT2D eigenvalue weighted by Crippen LogP contribution is 2.31. The average Bonchev–Trinajstić information content (AvgIpc) is 2.79. The van der Waals surface area contributed by atoms with Crippen LogP contribution in [0, 0.1) is 17.8 Å². The van der Waals surface area contributed by atoms with Gasteiger partial charge in [0.2, 0.25) is 0 Å². The molecule has 0 amide bonds. The predicted molar refractivity (Wildman–Crippen MR) is 91.7 cm³/mol. The van der Waals surface area contributed by atoms with Crippen molar-refractivity contribution >= 4 is 0 Å². The van der Waals surface area contributed by atoms with Gasteiger partial charge < -0.3 is 15.1 Å². The van der Waals surface area contributed by atoms with Gasteiger partial charge in [0, 0.05) is 31.7 Å². The lowest BCUT2D eigenvalue weighted by Gasteiger charge is -2.38. The summed E-state index contributed by atoms with van der Waals surface area (Å²) in [5, 5.41) is 3.82. The van der Waals surface area contributed by atoms with Crippen molar-refractivity contribution in [2.45, 2.75) is 58.5 Å². The molecule has 5 unspecified atom stereocenters. The van der Waals surface area contributed by atoms with Gasteiger partial charge in [-0.3, -0.25) is 0 Å². The van der Waals surface area contributed by atoms with Crippen LogP contribution >= 0.6 is 0 Å². The Kier molecular flexibility index (Phi) is 6.51. The van der Waals surface area contributed by atoms with Gasteiger partial charge in [-0.25, -0.2) is 0 Å². The number of rotatable bonds is 6. The summed E-state index contributed by atoms with van der Waals surface area (Å²) in [4.78, 5) is 5.15. The van der Waals surface area contributed by atoms with Gasteiger partial charge in [-0.1, -0.05) is 20.8 Å². The van der Waals surface area contributed by atoms with E-state index in [9.17, 15) is 0 Å². The van der Waals surface area contributed by atoms with Gasteiger partial charge in [0.25, 0.3) is 0 Å². The fourth-order valence-corrected chi connectivity index (χ4v) is 4.50. The van der Waals surface area contributed by atoms with Gasteiger partial charge in [-0.2, -0.15) is 0 Å². The van der Waals surface area contributed by atoms with Crippen molar-refractivity contribution in [2.24, 2.45) is 17.8 Å². The van der Waals surface area contributed by atoms with E-state index in [0.29, 0.717) is 0 Å². The molecule has 0 radical (unpaired) electrons. The lowest BCUT2D eigenvalue weighted by Crippen LogP contribution is -2.46. The zero-order valence-corrected chi connectivity index (χ0v) is 14.9. The molecule has 21 heavy (non-hydrogen) atoms. The van der Waals surface area contributed by atoms with E-state index in [0.717, 1.165) is 29.8 Å². The maximum Gasteiger partial charge on any atom is 0.0254 e. The van der Waals surface area contributed by atoms with Crippen LogP contribution in [0.4, 0.5) is 0 Å². The smallest absolute Gasteiger partial charge is 0.0254 e. The Bertz CT molecular complexity index is 303. The lowest BCUT2D eigenvalue weighted by molar-refractivity contribution is 0.154. The van der Waals surface area contributed by atoms with E-state index in [1.807, 2.05) is 0 Å². The first-order valence-electron chi connectivity index (χ1n) is 9.13. The van der Waals surface area contributed by atoms with E-state index < -0.39 is 0 Å². The molecule has 0 bridgehead atoms. The Labute approximate surface area is 132 Å². The van der Waals surface area contributed by atoms with Gasteiger partial charge in [-0.05, 0) is 64.1 Å². The Balaban J connectivity index is 1.89. The van der Waals surface area contributed by atoms with Crippen LogP contribution in [0.5, 0.6) is 0 Å². The first-order chi connectivity index (χ1) is 10.0. The van der Waals surface area contributed by atoms with E-state index in [2.05, 4.69) is 50.0 Å². The van der Waals surface area contributed by atoms with Gasteiger partial charge >= 0.3 is 0 Å². The van der Waals surface area contributed by atoms with Crippen LogP contribution in [-0.2, 0) is 0 Å². The van der Waals surface area contributed by atoms with Crippen molar-refractivity contribution in [1.29, 1.82) is 0 Å². The van der Waals surface area contributed by atoms with Gasteiger partial charge in [0.05, 0.1) is 0 Å². The van der Waals surface area contributed by atoms with E-state index in [1.54, 1.807) is 0 Å². The number of nitrogens with zero attached hydrogens (tertiary/aromatic N) is 2. The summed E-state index contributed by atoms with van der Waals surface area (Å²) in [6.07, 6.45) is 5.46. The average molecular weight is 296 g/mol. The summed E-state index contributed by atoms with van der Waals surface area (Å²) in [6.45, 7) is 12.2. The fourth-order valence-electron chi connectivity index (χ4n) is 4.50. The number of likely N-dealkylation sites (tertiary alicyclic amines) is 1. The Morgan fingerprint density at radius 2 is 1.90 bits per heavy atom. The largest absolute Gasteiger partial charge is 0.314 e. The molecule has 3 heteroatoms. The predicted octanol–water partition coefficient (Wildman–Crippen LogP) is 2.67. The molecule has 5 atom stereocenters. The Morgan fingerprint density at radius 3 is 2.52 bits per heavy atom. The number of hydrogen-bond donors (Lipinski definition) is 1. The Morgan fingerprint density at radius 1 is 1.14 bits per heavy atom. The Hall–Kier alpha value is -0.120. The SMILES string of the molecule is CCCNC1CCC(C)CC1CN1CC(C)C(N(C)C)C1. The zero-order valence-electron chi connectivity index (χ0n) is 14.9. The van der Waals surface area contributed by atoms with E-state index in [4.69, 9.17) is 0 Å². The number of likely N-dealkylation sites (N-methyl/N-ethyl adjacent to an activating group) is 1. The molecule has 124 valence electrons. The minimum Gasteiger partial charge on any atom is -0.314 e. The molecular weight excluding hydrogens is 258 g/mol. The van der Waals surface area contributed by atoms with Crippen molar-refractivity contribution < 1.29 is 0 Å². The highest BCUT2D eigenvalue weighted by atomic mass is 15.2. The number of nitrogens with one attached hydrogen (secondary N) is 1. The molecule has 0 aromatic heterocycles. The summed E-state index contributed by atoms with van der Waals surface area (Å²) >= 11 is 0. The molecule has 2 rings (SSSR count). The summed E-state index contributed by atoms with van der Waals surface area (Å²) in [6, 6.07) is 1.50. The minimum absolute atomic E-state index is 0.744. The third kappa shape index (κ3) is 4.67. The van der Waals surface area contributed by atoms with Crippen LogP contribution in [-0.4, -0.2) is 62.2 Å². The molecule has 1 aliphatic heterocycles. The first kappa shape index (κ1) is 17.2. The third-order valence-electron chi connectivity index (χ3n) is 5.71. The van der Waals surface area contributed by atoms with Crippen molar-refractivity contribution in [3.8, 4) is 0 Å². The van der Waals surface area contributed by atoms with Crippen LogP contribution in [0.3, 0.4) is 0 Å². The monoisotopic (exact) mass is 295 g/mol. The van der Waals surface area contributed by atoms with Crippen LogP contribution < -0.4 is 5.32 Å². The topological polar surface area (TPSA) is 18.5 Å². The van der Waals surface area contributed by atoms with Crippen LogP contribution in [0.1, 0.15) is 46.5 Å². The lowest BCUT2D eigenvalue weighted by atomic mass is 9.78. The maximum atomic E-state index is 3.82. The van der Waals surface area contributed by atoms with Crippen LogP contribution in [0.2, 0.25) is 0 Å². The van der Waals surface area contributed by atoms with Crippen molar-refractivity contribution in [3.05, 3.63) is 0 Å². The van der Waals surface area contributed by atoms with Crippen LogP contribution in [0.15, 0.2) is 0 Å². The molecule has 3 nitrogen and oxygen atoms in total. The fraction of sp³-hybridized carbons (Fsp3) is 1.00. The molecule has 1 aliphatic carbocycles. The van der Waals surface area contributed by atoms with Gasteiger partial charge in [0.15, 0.2) is 0 Å². The van der Waals surface area contributed by atoms with Crippen molar-refractivity contribution in [1.82, 2.24) is 15.1 Å².